The van der Waals surface area contributed by atoms with E-state index in [4.69, 9.17) is 4.74 Å². The summed E-state index contributed by atoms with van der Waals surface area (Å²) in [6.45, 7) is 3.43. The molecule has 0 atom stereocenters. The normalized spacial score (nSPS) is 10.5. The maximum Gasteiger partial charge on any atom is 0.247 e. The minimum absolute atomic E-state index is 0.114. The molecule has 178 valence electrons. The van der Waals surface area contributed by atoms with Crippen molar-refractivity contribution in [1.82, 2.24) is 19.7 Å². The quantitative estimate of drug-likeness (QED) is 0.258. The molecule has 0 saturated carbocycles. The van der Waals surface area contributed by atoms with Crippen LogP contribution in [0.3, 0.4) is 0 Å². The van der Waals surface area contributed by atoms with Gasteiger partial charge in [-0.2, -0.15) is 10.1 Å². The van der Waals surface area contributed by atoms with Crippen LogP contribution in [-0.2, 0) is 11.8 Å². The molecule has 2 aromatic heterocycles. The summed E-state index contributed by atoms with van der Waals surface area (Å²) in [6.07, 6.45) is 6.17. The predicted octanol–water partition coefficient (Wildman–Crippen LogP) is 5.40. The first-order valence-corrected chi connectivity index (χ1v) is 11.1. The lowest BCUT2D eigenvalue weighted by molar-refractivity contribution is -0.111. The number of aromatic nitrogens is 4. The highest BCUT2D eigenvalue weighted by Crippen LogP contribution is 2.35. The van der Waals surface area contributed by atoms with Crippen LogP contribution in [0.15, 0.2) is 72.1 Å². The number of benzene rings is 2. The summed E-state index contributed by atoms with van der Waals surface area (Å²) < 4.78 is 22.6. The summed E-state index contributed by atoms with van der Waals surface area (Å²) in [6, 6.07) is 9.70. The van der Waals surface area contributed by atoms with Crippen molar-refractivity contribution >= 4 is 50.7 Å². The van der Waals surface area contributed by atoms with Crippen LogP contribution in [0.5, 0.6) is 5.75 Å². The van der Waals surface area contributed by atoms with Crippen molar-refractivity contribution in [2.45, 2.75) is 0 Å². The Balaban J connectivity index is 1.76. The zero-order chi connectivity index (χ0) is 24.9. The molecule has 0 radical (unpaired) electrons. The Morgan fingerprint density at radius 1 is 1.17 bits per heavy atom. The number of anilines is 5. The van der Waals surface area contributed by atoms with E-state index < -0.39 is 11.7 Å². The molecule has 35 heavy (non-hydrogen) atoms. The summed E-state index contributed by atoms with van der Waals surface area (Å²) in [5.41, 5.74) is 2.55. The zero-order valence-corrected chi connectivity index (χ0v) is 20.4. The summed E-state index contributed by atoms with van der Waals surface area (Å²) in [5, 5.41) is 12.9. The Labute approximate surface area is 209 Å². The standard InChI is InChI=1S/C24H21BrFN7O2/c1-4-22(34)29-15-6-8-19(26)20(10-15)31-23-17(14-5-7-18(25)21(9-14)35-3)12-27-24(32-23)30-16-11-28-33(2)13-16/h4-13H,1H2,2-3H3,(H,29,34)(H2,27,30,31,32). The van der Waals surface area contributed by atoms with Crippen molar-refractivity contribution in [2.75, 3.05) is 23.1 Å². The van der Waals surface area contributed by atoms with E-state index in [2.05, 4.69) is 53.5 Å². The monoisotopic (exact) mass is 537 g/mol. The zero-order valence-electron chi connectivity index (χ0n) is 18.8. The topological polar surface area (TPSA) is 106 Å². The number of carbonyl (C=O) groups excluding carboxylic acids is 1. The Morgan fingerprint density at radius 3 is 2.71 bits per heavy atom. The number of amides is 1. The van der Waals surface area contributed by atoms with E-state index in [1.54, 1.807) is 37.4 Å². The molecule has 3 N–H and O–H groups in total. The van der Waals surface area contributed by atoms with E-state index >= 15 is 0 Å². The third-order valence-corrected chi connectivity index (χ3v) is 5.54. The average Bonchev–Trinajstić information content (AvgIpc) is 3.26. The maximum atomic E-state index is 14.7. The Kier molecular flexibility index (Phi) is 7.06. The van der Waals surface area contributed by atoms with Gasteiger partial charge in [-0.15, -0.1) is 0 Å². The Hall–Kier alpha value is -4.25. The van der Waals surface area contributed by atoms with E-state index in [9.17, 15) is 9.18 Å². The van der Waals surface area contributed by atoms with Gasteiger partial charge < -0.3 is 20.7 Å². The second-order valence-corrected chi connectivity index (χ2v) is 8.20. The summed E-state index contributed by atoms with van der Waals surface area (Å²) in [4.78, 5) is 20.7. The molecule has 0 spiro atoms. The van der Waals surface area contributed by atoms with Gasteiger partial charge in [-0.1, -0.05) is 12.6 Å². The van der Waals surface area contributed by atoms with Gasteiger partial charge >= 0.3 is 0 Å². The van der Waals surface area contributed by atoms with Crippen molar-refractivity contribution in [2.24, 2.45) is 7.05 Å². The molecule has 0 aliphatic carbocycles. The SMILES string of the molecule is C=CC(=O)Nc1ccc(F)c(Nc2nc(Nc3cnn(C)c3)ncc2-c2ccc(Br)c(OC)c2)c1. The minimum Gasteiger partial charge on any atom is -0.496 e. The molecule has 4 rings (SSSR count). The van der Waals surface area contributed by atoms with Gasteiger partial charge in [0, 0.05) is 30.7 Å². The van der Waals surface area contributed by atoms with Crippen molar-refractivity contribution in [3.8, 4) is 16.9 Å². The molecule has 1 amide bonds. The molecule has 11 heteroatoms. The second-order valence-electron chi connectivity index (χ2n) is 7.35. The van der Waals surface area contributed by atoms with Gasteiger partial charge in [0.05, 0.1) is 29.2 Å². The Bertz CT molecular complexity index is 1410. The number of ether oxygens (including phenoxy) is 1. The van der Waals surface area contributed by atoms with E-state index in [1.165, 1.54) is 18.2 Å². The number of nitrogens with one attached hydrogen (secondary N) is 3. The molecule has 4 aromatic rings. The molecule has 0 bridgehead atoms. The van der Waals surface area contributed by atoms with Gasteiger partial charge in [0.15, 0.2) is 0 Å². The van der Waals surface area contributed by atoms with Crippen LogP contribution in [0.1, 0.15) is 0 Å². The lowest BCUT2D eigenvalue weighted by Gasteiger charge is -2.15. The largest absolute Gasteiger partial charge is 0.496 e. The lowest BCUT2D eigenvalue weighted by Crippen LogP contribution is -2.08. The van der Waals surface area contributed by atoms with Crippen LogP contribution in [0.25, 0.3) is 11.1 Å². The number of hydrogen-bond donors (Lipinski definition) is 3. The predicted molar refractivity (Wildman–Crippen MR) is 137 cm³/mol. The molecule has 0 aliphatic heterocycles. The number of aryl methyl sites for hydroxylation is 1. The van der Waals surface area contributed by atoms with Crippen LogP contribution in [-0.4, -0.2) is 32.8 Å². The highest BCUT2D eigenvalue weighted by molar-refractivity contribution is 9.10. The summed E-state index contributed by atoms with van der Waals surface area (Å²) >= 11 is 3.45. The number of hydrogen-bond acceptors (Lipinski definition) is 7. The number of nitrogens with zero attached hydrogens (tertiary/aromatic N) is 4. The summed E-state index contributed by atoms with van der Waals surface area (Å²) in [7, 11) is 3.36. The van der Waals surface area contributed by atoms with Crippen LogP contribution >= 0.6 is 15.9 Å². The molecule has 9 nitrogen and oxygen atoms in total. The van der Waals surface area contributed by atoms with E-state index in [1.807, 2.05) is 18.2 Å². The minimum atomic E-state index is -0.527. The van der Waals surface area contributed by atoms with Gasteiger partial charge in [-0.25, -0.2) is 9.37 Å². The van der Waals surface area contributed by atoms with E-state index in [0.717, 1.165) is 16.1 Å². The number of carbonyl (C=O) groups is 1. The van der Waals surface area contributed by atoms with Crippen molar-refractivity contribution in [3.63, 3.8) is 0 Å². The first-order valence-electron chi connectivity index (χ1n) is 10.3. The van der Waals surface area contributed by atoms with Gasteiger partial charge in [0.2, 0.25) is 11.9 Å². The maximum absolute atomic E-state index is 14.7. The van der Waals surface area contributed by atoms with Gasteiger partial charge in [0.1, 0.15) is 17.4 Å². The number of halogens is 2. The molecule has 0 aliphatic rings. The Morgan fingerprint density at radius 2 is 2.00 bits per heavy atom. The molecular weight excluding hydrogens is 517 g/mol. The highest BCUT2D eigenvalue weighted by atomic mass is 79.9. The van der Waals surface area contributed by atoms with Gasteiger partial charge in [0.25, 0.3) is 0 Å². The fourth-order valence-electron chi connectivity index (χ4n) is 3.21. The van der Waals surface area contributed by atoms with E-state index in [0.29, 0.717) is 28.5 Å². The van der Waals surface area contributed by atoms with E-state index in [-0.39, 0.29) is 11.6 Å². The fraction of sp³-hybridized carbons (Fsp3) is 0.0833. The van der Waals surface area contributed by atoms with Crippen LogP contribution in [0.4, 0.5) is 33.2 Å². The molecule has 2 heterocycles. The average molecular weight is 538 g/mol. The molecule has 0 unspecified atom stereocenters. The lowest BCUT2D eigenvalue weighted by atomic mass is 10.1. The smallest absolute Gasteiger partial charge is 0.247 e. The first-order chi connectivity index (χ1) is 16.9. The van der Waals surface area contributed by atoms with Crippen LogP contribution in [0, 0.1) is 5.82 Å². The number of rotatable bonds is 8. The number of methoxy groups -OCH3 is 1. The highest BCUT2D eigenvalue weighted by Gasteiger charge is 2.15. The van der Waals surface area contributed by atoms with Crippen LogP contribution in [0.2, 0.25) is 0 Å². The molecule has 0 saturated heterocycles. The molecule has 2 aromatic carbocycles. The van der Waals surface area contributed by atoms with Crippen molar-refractivity contribution in [3.05, 3.63) is 77.9 Å². The third-order valence-electron chi connectivity index (χ3n) is 4.88. The third kappa shape index (κ3) is 5.64. The molecular formula is C24H21BrFN7O2. The van der Waals surface area contributed by atoms with Crippen molar-refractivity contribution < 1.29 is 13.9 Å². The molecule has 0 fully saturated rings. The van der Waals surface area contributed by atoms with Gasteiger partial charge in [-0.3, -0.25) is 9.48 Å². The summed E-state index contributed by atoms with van der Waals surface area (Å²) in [5.74, 6) is 0.301. The van der Waals surface area contributed by atoms with Gasteiger partial charge in [-0.05, 0) is 57.9 Å². The van der Waals surface area contributed by atoms with Crippen LogP contribution < -0.4 is 20.7 Å². The van der Waals surface area contributed by atoms with Crippen molar-refractivity contribution in [1.29, 1.82) is 0 Å². The first kappa shape index (κ1) is 23.9. The second kappa shape index (κ2) is 10.3. The fourth-order valence-corrected chi connectivity index (χ4v) is 3.62.